The number of piperidine rings is 1. The highest BCUT2D eigenvalue weighted by Crippen LogP contribution is 2.59. The van der Waals surface area contributed by atoms with Crippen molar-refractivity contribution in [3.05, 3.63) is 29.8 Å². The molecular formula is C21H30N2O3S. The van der Waals surface area contributed by atoms with E-state index in [0.717, 1.165) is 55.8 Å². The second-order valence-corrected chi connectivity index (χ2v) is 8.62. The lowest BCUT2D eigenvalue weighted by Crippen LogP contribution is -2.40. The molecule has 0 radical (unpaired) electrons. The van der Waals surface area contributed by atoms with Gasteiger partial charge in [-0.2, -0.15) is 11.8 Å². The fraction of sp³-hybridized carbons (Fsp3) is 0.619. The second-order valence-electron chi connectivity index (χ2n) is 7.64. The maximum atomic E-state index is 12.5. The van der Waals surface area contributed by atoms with Crippen molar-refractivity contribution in [2.75, 3.05) is 38.8 Å². The SMILES string of the molecule is COc1cccc(CCNC(=O)C2CC23CCN(C(=O)CCSC)CC3)c1. The number of hydrogen-bond donors (Lipinski definition) is 1. The molecule has 0 bridgehead atoms. The number of amides is 2. The lowest BCUT2D eigenvalue weighted by Gasteiger charge is -2.33. The van der Waals surface area contributed by atoms with Gasteiger partial charge in [-0.1, -0.05) is 12.1 Å². The number of nitrogens with one attached hydrogen (secondary N) is 1. The van der Waals surface area contributed by atoms with Gasteiger partial charge >= 0.3 is 0 Å². The van der Waals surface area contributed by atoms with Gasteiger partial charge in [-0.25, -0.2) is 0 Å². The van der Waals surface area contributed by atoms with E-state index in [-0.39, 0.29) is 23.1 Å². The van der Waals surface area contributed by atoms with Gasteiger partial charge in [-0.3, -0.25) is 9.59 Å². The van der Waals surface area contributed by atoms with Crippen molar-refractivity contribution >= 4 is 23.6 Å². The Morgan fingerprint density at radius 2 is 2.11 bits per heavy atom. The molecule has 1 aliphatic carbocycles. The van der Waals surface area contributed by atoms with E-state index in [1.807, 2.05) is 29.4 Å². The maximum absolute atomic E-state index is 12.5. The third-order valence-corrected chi connectivity index (χ3v) is 6.60. The molecular weight excluding hydrogens is 360 g/mol. The van der Waals surface area contributed by atoms with Crippen LogP contribution in [-0.2, 0) is 16.0 Å². The third-order valence-electron chi connectivity index (χ3n) is 5.99. The van der Waals surface area contributed by atoms with Crippen LogP contribution in [0.2, 0.25) is 0 Å². The normalized spacial score (nSPS) is 20.4. The van der Waals surface area contributed by atoms with Gasteiger partial charge in [0.15, 0.2) is 0 Å². The average Bonchev–Trinajstić information content (AvgIpc) is 3.40. The monoisotopic (exact) mass is 390 g/mol. The lowest BCUT2D eigenvalue weighted by atomic mass is 9.90. The number of thioether (sulfide) groups is 1. The van der Waals surface area contributed by atoms with E-state index in [9.17, 15) is 9.59 Å². The summed E-state index contributed by atoms with van der Waals surface area (Å²) in [5, 5.41) is 3.10. The summed E-state index contributed by atoms with van der Waals surface area (Å²) in [6.07, 6.45) is 6.37. The first-order chi connectivity index (χ1) is 13.1. The highest BCUT2D eigenvalue weighted by molar-refractivity contribution is 7.98. The summed E-state index contributed by atoms with van der Waals surface area (Å²) in [6.45, 7) is 2.26. The summed E-state index contributed by atoms with van der Waals surface area (Å²) >= 11 is 1.71. The topological polar surface area (TPSA) is 58.6 Å². The average molecular weight is 391 g/mol. The van der Waals surface area contributed by atoms with Gasteiger partial charge < -0.3 is 15.0 Å². The summed E-state index contributed by atoms with van der Waals surface area (Å²) < 4.78 is 5.24. The molecule has 6 heteroatoms. The minimum Gasteiger partial charge on any atom is -0.497 e. The minimum atomic E-state index is 0.131. The Morgan fingerprint density at radius 1 is 1.33 bits per heavy atom. The Morgan fingerprint density at radius 3 is 2.81 bits per heavy atom. The zero-order chi connectivity index (χ0) is 19.3. The second kappa shape index (κ2) is 9.00. The van der Waals surface area contributed by atoms with Crippen LogP contribution in [0.25, 0.3) is 0 Å². The molecule has 3 rings (SSSR count). The number of ether oxygens (including phenoxy) is 1. The smallest absolute Gasteiger partial charge is 0.223 e. The molecule has 1 aromatic carbocycles. The molecule has 2 aliphatic rings. The van der Waals surface area contributed by atoms with E-state index in [4.69, 9.17) is 4.74 Å². The van der Waals surface area contributed by atoms with Crippen LogP contribution in [0.3, 0.4) is 0 Å². The molecule has 1 saturated heterocycles. The van der Waals surface area contributed by atoms with Gasteiger partial charge in [0.1, 0.15) is 5.75 Å². The first kappa shape index (κ1) is 20.1. The van der Waals surface area contributed by atoms with Crippen molar-refractivity contribution in [2.24, 2.45) is 11.3 Å². The number of nitrogens with zero attached hydrogens (tertiary/aromatic N) is 1. The van der Waals surface area contributed by atoms with E-state index in [1.54, 1.807) is 18.9 Å². The molecule has 1 N–H and O–H groups in total. The molecule has 5 nitrogen and oxygen atoms in total. The Bertz CT molecular complexity index is 671. The fourth-order valence-corrected chi connectivity index (χ4v) is 4.48. The fourth-order valence-electron chi connectivity index (χ4n) is 4.10. The zero-order valence-corrected chi connectivity index (χ0v) is 17.1. The van der Waals surface area contributed by atoms with Gasteiger partial charge in [0.2, 0.25) is 11.8 Å². The van der Waals surface area contributed by atoms with E-state index >= 15 is 0 Å². The van der Waals surface area contributed by atoms with Crippen molar-refractivity contribution < 1.29 is 14.3 Å². The Labute approximate surface area is 166 Å². The van der Waals surface area contributed by atoms with Crippen molar-refractivity contribution in [1.29, 1.82) is 0 Å². The maximum Gasteiger partial charge on any atom is 0.223 e. The Hall–Kier alpha value is -1.69. The van der Waals surface area contributed by atoms with E-state index < -0.39 is 0 Å². The van der Waals surface area contributed by atoms with Crippen molar-refractivity contribution in [3.63, 3.8) is 0 Å². The molecule has 1 aliphatic heterocycles. The van der Waals surface area contributed by atoms with Crippen LogP contribution >= 0.6 is 11.8 Å². The number of methoxy groups -OCH3 is 1. The molecule has 2 amide bonds. The van der Waals surface area contributed by atoms with Crippen molar-refractivity contribution in [1.82, 2.24) is 10.2 Å². The third kappa shape index (κ3) is 4.98. The van der Waals surface area contributed by atoms with Crippen LogP contribution in [0.4, 0.5) is 0 Å². The summed E-state index contributed by atoms with van der Waals surface area (Å²) in [6, 6.07) is 7.96. The molecule has 1 heterocycles. The van der Waals surface area contributed by atoms with Crippen molar-refractivity contribution in [2.45, 2.75) is 32.1 Å². The van der Waals surface area contributed by atoms with Crippen molar-refractivity contribution in [3.8, 4) is 5.75 Å². The predicted molar refractivity (Wildman–Crippen MR) is 109 cm³/mol. The van der Waals surface area contributed by atoms with Crippen LogP contribution in [0.1, 0.15) is 31.2 Å². The van der Waals surface area contributed by atoms with Crippen LogP contribution in [0.15, 0.2) is 24.3 Å². The summed E-state index contributed by atoms with van der Waals surface area (Å²) in [5.74, 6) is 2.31. The minimum absolute atomic E-state index is 0.131. The molecule has 148 valence electrons. The van der Waals surface area contributed by atoms with Crippen LogP contribution in [-0.4, -0.2) is 55.5 Å². The molecule has 1 saturated carbocycles. The number of hydrogen-bond acceptors (Lipinski definition) is 4. The zero-order valence-electron chi connectivity index (χ0n) is 16.3. The lowest BCUT2D eigenvalue weighted by molar-refractivity contribution is -0.132. The van der Waals surface area contributed by atoms with E-state index in [2.05, 4.69) is 11.4 Å². The number of rotatable bonds is 8. The molecule has 27 heavy (non-hydrogen) atoms. The largest absolute Gasteiger partial charge is 0.497 e. The number of carbonyl (C=O) groups excluding carboxylic acids is 2. The first-order valence-corrected chi connectivity index (χ1v) is 11.1. The summed E-state index contributed by atoms with van der Waals surface area (Å²) in [5.41, 5.74) is 1.31. The van der Waals surface area contributed by atoms with Crippen LogP contribution in [0.5, 0.6) is 5.75 Å². The van der Waals surface area contributed by atoms with Crippen LogP contribution < -0.4 is 10.1 Å². The van der Waals surface area contributed by atoms with Gasteiger partial charge in [-0.05, 0) is 55.1 Å². The summed E-state index contributed by atoms with van der Waals surface area (Å²) in [4.78, 5) is 26.7. The quantitative estimate of drug-likeness (QED) is 0.742. The van der Waals surface area contributed by atoms with E-state index in [0.29, 0.717) is 13.0 Å². The number of likely N-dealkylation sites (tertiary alicyclic amines) is 1. The molecule has 1 atom stereocenters. The molecule has 1 unspecified atom stereocenters. The summed E-state index contributed by atoms with van der Waals surface area (Å²) in [7, 11) is 1.66. The highest BCUT2D eigenvalue weighted by atomic mass is 32.2. The number of benzene rings is 1. The molecule has 2 fully saturated rings. The standard InChI is InChI=1S/C21H30N2O3S/c1-26-17-5-3-4-16(14-17)6-10-22-20(25)18-15-21(18)8-11-23(12-9-21)19(24)7-13-27-2/h3-5,14,18H,6-13,15H2,1-2H3,(H,22,25). The Kier molecular flexibility index (Phi) is 6.68. The Balaban J connectivity index is 1.39. The van der Waals surface area contributed by atoms with Gasteiger partial charge in [0, 0.05) is 37.7 Å². The van der Waals surface area contributed by atoms with Gasteiger partial charge in [0.05, 0.1) is 7.11 Å². The van der Waals surface area contributed by atoms with Gasteiger partial charge in [0.25, 0.3) is 0 Å². The first-order valence-electron chi connectivity index (χ1n) is 9.75. The predicted octanol–water partition coefficient (Wildman–Crippen LogP) is 2.74. The van der Waals surface area contributed by atoms with E-state index in [1.165, 1.54) is 0 Å². The number of carbonyl (C=O) groups is 2. The van der Waals surface area contributed by atoms with Crippen LogP contribution in [0, 0.1) is 11.3 Å². The molecule has 1 aromatic rings. The molecule has 1 spiro atoms. The molecule has 0 aromatic heterocycles. The van der Waals surface area contributed by atoms with Gasteiger partial charge in [-0.15, -0.1) is 0 Å². The highest BCUT2D eigenvalue weighted by Gasteiger charge is 2.58.